The van der Waals surface area contributed by atoms with E-state index in [1.54, 1.807) is 0 Å². The van der Waals surface area contributed by atoms with Crippen LogP contribution in [-0.2, 0) is 0 Å². The number of hydrogen-bond donors (Lipinski definition) is 1. The fourth-order valence-corrected chi connectivity index (χ4v) is 3.75. The summed E-state index contributed by atoms with van der Waals surface area (Å²) in [6.45, 7) is 0.721. The number of nitrogens with two attached hydrogens (primary N) is 1. The van der Waals surface area contributed by atoms with Gasteiger partial charge in [-0.15, -0.1) is 0 Å². The van der Waals surface area contributed by atoms with Crippen LogP contribution >= 0.6 is 0 Å². The Morgan fingerprint density at radius 1 is 0.875 bits per heavy atom. The van der Waals surface area contributed by atoms with Crippen molar-refractivity contribution in [1.29, 1.82) is 0 Å². The molecule has 0 saturated heterocycles. The summed E-state index contributed by atoms with van der Waals surface area (Å²) in [6.07, 6.45) is 0. The van der Waals surface area contributed by atoms with Crippen molar-refractivity contribution < 1.29 is 0 Å². The Hall–Kier alpha value is -1.08. The third-order valence-electron chi connectivity index (χ3n) is 2.41. The van der Waals surface area contributed by atoms with Crippen molar-refractivity contribution in [2.45, 2.75) is 4.82 Å². The van der Waals surface area contributed by atoms with Crippen molar-refractivity contribution in [3.05, 3.63) is 66.2 Å². The Morgan fingerprint density at radius 2 is 1.44 bits per heavy atom. The molecule has 0 radical (unpaired) electrons. The van der Waals surface area contributed by atoms with Gasteiger partial charge in [0.05, 0.1) is 0 Å². The van der Waals surface area contributed by atoms with Crippen molar-refractivity contribution in [1.82, 2.24) is 0 Å². The van der Waals surface area contributed by atoms with Gasteiger partial charge in [0.1, 0.15) is 0 Å². The number of benzene rings is 2. The quantitative estimate of drug-likeness (QED) is 0.845. The topological polar surface area (TPSA) is 26.0 Å². The van der Waals surface area contributed by atoms with Crippen LogP contribution in [0.25, 0.3) is 0 Å². The maximum atomic E-state index is 5.87. The third kappa shape index (κ3) is 2.96. The summed E-state index contributed by atoms with van der Waals surface area (Å²) in [4.78, 5) is 0.482. The van der Waals surface area contributed by atoms with Crippen molar-refractivity contribution in [3.63, 3.8) is 0 Å². The molecule has 2 aromatic carbocycles. The summed E-state index contributed by atoms with van der Waals surface area (Å²) in [5, 5.41) is 0. The molecular formula is C14H15NSe. The van der Waals surface area contributed by atoms with Crippen LogP contribution in [0.3, 0.4) is 0 Å². The Kier molecular flexibility index (Phi) is 4.17. The van der Waals surface area contributed by atoms with E-state index in [1.165, 1.54) is 10.0 Å². The minimum atomic E-state index is 0.414. The summed E-state index contributed by atoms with van der Waals surface area (Å²) in [5.41, 5.74) is 7.22. The second-order valence-electron chi connectivity index (χ2n) is 3.57. The standard InChI is InChI=1S/C14H15NSe/c15-11-14(12-7-3-1-4-8-12)16-13-9-5-2-6-10-13/h1-10,14H,11,15H2. The molecule has 0 heterocycles. The SMILES string of the molecule is NCC([Se]c1ccccc1)c1ccccc1. The van der Waals surface area contributed by atoms with Crippen LogP contribution < -0.4 is 10.2 Å². The van der Waals surface area contributed by atoms with Crippen molar-refractivity contribution in [2.24, 2.45) is 5.73 Å². The van der Waals surface area contributed by atoms with Crippen LogP contribution in [0.5, 0.6) is 0 Å². The molecule has 2 N–H and O–H groups in total. The second kappa shape index (κ2) is 5.86. The average molecular weight is 276 g/mol. The maximum absolute atomic E-state index is 5.87. The first-order chi connectivity index (χ1) is 7.90. The number of hydrogen-bond acceptors (Lipinski definition) is 1. The molecule has 2 aromatic rings. The van der Waals surface area contributed by atoms with Gasteiger partial charge in [0.2, 0.25) is 0 Å². The van der Waals surface area contributed by atoms with E-state index < -0.39 is 0 Å². The number of rotatable bonds is 4. The first-order valence-corrected chi connectivity index (χ1v) is 7.21. The summed E-state index contributed by atoms with van der Waals surface area (Å²) in [7, 11) is 0. The van der Waals surface area contributed by atoms with Gasteiger partial charge in [0, 0.05) is 0 Å². The van der Waals surface area contributed by atoms with Gasteiger partial charge in [-0.05, 0) is 0 Å². The van der Waals surface area contributed by atoms with Gasteiger partial charge in [0.25, 0.3) is 0 Å². The molecule has 2 rings (SSSR count). The molecule has 1 unspecified atom stereocenters. The molecule has 2 heteroatoms. The van der Waals surface area contributed by atoms with Gasteiger partial charge >= 0.3 is 103 Å². The first-order valence-electron chi connectivity index (χ1n) is 5.37. The Labute approximate surface area is 103 Å². The molecule has 0 aromatic heterocycles. The Bertz CT molecular complexity index is 413. The van der Waals surface area contributed by atoms with E-state index >= 15 is 0 Å². The fraction of sp³-hybridized carbons (Fsp3) is 0.143. The van der Waals surface area contributed by atoms with Crippen molar-refractivity contribution in [2.75, 3.05) is 6.54 Å². The van der Waals surface area contributed by atoms with Crippen LogP contribution in [-0.4, -0.2) is 21.5 Å². The second-order valence-corrected chi connectivity index (χ2v) is 6.24. The van der Waals surface area contributed by atoms with Crippen LogP contribution in [0.2, 0.25) is 0 Å². The van der Waals surface area contributed by atoms with Crippen LogP contribution in [0.1, 0.15) is 10.4 Å². The molecule has 1 atom stereocenters. The molecule has 82 valence electrons. The zero-order chi connectivity index (χ0) is 11.2. The fourth-order valence-electron chi connectivity index (χ4n) is 1.58. The summed E-state index contributed by atoms with van der Waals surface area (Å²) in [6, 6.07) is 21.2. The van der Waals surface area contributed by atoms with Gasteiger partial charge in [-0.1, -0.05) is 0 Å². The first kappa shape index (κ1) is 11.4. The zero-order valence-corrected chi connectivity index (χ0v) is 10.8. The van der Waals surface area contributed by atoms with E-state index in [2.05, 4.69) is 54.6 Å². The Morgan fingerprint density at radius 3 is 2.00 bits per heavy atom. The van der Waals surface area contributed by atoms with Crippen LogP contribution in [0.4, 0.5) is 0 Å². The molecule has 0 spiro atoms. The molecule has 0 aliphatic carbocycles. The molecule has 0 aliphatic rings. The predicted molar refractivity (Wildman–Crippen MR) is 70.1 cm³/mol. The van der Waals surface area contributed by atoms with Crippen molar-refractivity contribution in [3.8, 4) is 0 Å². The molecule has 0 amide bonds. The molecule has 0 aliphatic heterocycles. The van der Waals surface area contributed by atoms with Gasteiger partial charge in [-0.25, -0.2) is 0 Å². The zero-order valence-electron chi connectivity index (χ0n) is 9.04. The summed E-state index contributed by atoms with van der Waals surface area (Å²) >= 11 is 0.414. The summed E-state index contributed by atoms with van der Waals surface area (Å²) in [5.74, 6) is 0. The molecule has 16 heavy (non-hydrogen) atoms. The van der Waals surface area contributed by atoms with Gasteiger partial charge in [-0.3, -0.25) is 0 Å². The van der Waals surface area contributed by atoms with Crippen molar-refractivity contribution >= 4 is 19.4 Å². The van der Waals surface area contributed by atoms with Crippen LogP contribution in [0, 0.1) is 0 Å². The van der Waals surface area contributed by atoms with E-state index in [9.17, 15) is 0 Å². The Balaban J connectivity index is 2.13. The van der Waals surface area contributed by atoms with E-state index in [4.69, 9.17) is 5.73 Å². The molecule has 0 saturated carbocycles. The van der Waals surface area contributed by atoms with Crippen LogP contribution in [0.15, 0.2) is 60.7 Å². The van der Waals surface area contributed by atoms with E-state index in [0.29, 0.717) is 19.8 Å². The molecule has 1 nitrogen and oxygen atoms in total. The molecule has 0 fully saturated rings. The average Bonchev–Trinajstić information content (AvgIpc) is 2.38. The third-order valence-corrected chi connectivity index (χ3v) is 5.12. The van der Waals surface area contributed by atoms with Gasteiger partial charge in [-0.2, -0.15) is 0 Å². The van der Waals surface area contributed by atoms with Gasteiger partial charge < -0.3 is 0 Å². The van der Waals surface area contributed by atoms with Gasteiger partial charge in [0.15, 0.2) is 0 Å². The monoisotopic (exact) mass is 277 g/mol. The molecule has 0 bridgehead atoms. The normalized spacial score (nSPS) is 12.3. The van der Waals surface area contributed by atoms with E-state index in [-0.39, 0.29) is 0 Å². The van der Waals surface area contributed by atoms with E-state index in [1.807, 2.05) is 6.07 Å². The summed E-state index contributed by atoms with van der Waals surface area (Å²) < 4.78 is 1.41. The molecular weight excluding hydrogens is 261 g/mol. The van der Waals surface area contributed by atoms with E-state index in [0.717, 1.165) is 6.54 Å². The predicted octanol–water partition coefficient (Wildman–Crippen LogP) is 1.72. The minimum absolute atomic E-state index is 0.414.